The monoisotopic (exact) mass is 426 g/mol. The Kier molecular flexibility index (Phi) is 3.94. The normalized spacial score (nSPS) is 12.0. The molecule has 5 rings (SSSR count). The largest absolute Gasteiger partial charge is 0.269 e. The molecule has 28 heavy (non-hydrogen) atoms. The molecular formula is C19H11ClN4O2S2. The SMILES string of the molecule is O=S(=O)(c1ccccc1)n1ccc2cc(-c3nc(Cl)nc4ccsc34)cnc21. The van der Waals surface area contributed by atoms with Gasteiger partial charge in [-0.3, -0.25) is 0 Å². The minimum Gasteiger partial charge on any atom is -0.237 e. The molecule has 4 heterocycles. The second-order valence-electron chi connectivity index (χ2n) is 6.04. The van der Waals surface area contributed by atoms with Crippen molar-refractivity contribution in [1.82, 2.24) is 18.9 Å². The Morgan fingerprint density at radius 2 is 1.86 bits per heavy atom. The number of hydrogen-bond acceptors (Lipinski definition) is 6. The van der Waals surface area contributed by atoms with Crippen molar-refractivity contribution in [3.63, 3.8) is 0 Å². The van der Waals surface area contributed by atoms with Gasteiger partial charge in [-0.15, -0.1) is 11.3 Å². The van der Waals surface area contributed by atoms with E-state index in [1.54, 1.807) is 42.6 Å². The molecule has 5 aromatic rings. The van der Waals surface area contributed by atoms with E-state index in [1.807, 2.05) is 17.5 Å². The second-order valence-corrected chi connectivity index (χ2v) is 9.11. The lowest BCUT2D eigenvalue weighted by molar-refractivity contribution is 0.589. The lowest BCUT2D eigenvalue weighted by Gasteiger charge is -2.07. The summed E-state index contributed by atoms with van der Waals surface area (Å²) in [4.78, 5) is 13.2. The van der Waals surface area contributed by atoms with Crippen LogP contribution in [-0.2, 0) is 10.0 Å². The number of fused-ring (bicyclic) bond motifs is 2. The fourth-order valence-corrected chi connectivity index (χ4v) is 5.41. The number of thiophene rings is 1. The zero-order valence-electron chi connectivity index (χ0n) is 14.2. The molecule has 0 fully saturated rings. The van der Waals surface area contributed by atoms with Gasteiger partial charge in [-0.05, 0) is 47.3 Å². The van der Waals surface area contributed by atoms with E-state index in [0.717, 1.165) is 15.8 Å². The van der Waals surface area contributed by atoms with Gasteiger partial charge in [-0.1, -0.05) is 18.2 Å². The highest BCUT2D eigenvalue weighted by atomic mass is 35.5. The van der Waals surface area contributed by atoms with Crippen molar-refractivity contribution in [3.05, 3.63) is 71.6 Å². The smallest absolute Gasteiger partial charge is 0.237 e. The second kappa shape index (κ2) is 6.37. The quantitative estimate of drug-likeness (QED) is 0.394. The van der Waals surface area contributed by atoms with Crippen molar-refractivity contribution in [2.45, 2.75) is 4.90 Å². The summed E-state index contributed by atoms with van der Waals surface area (Å²) in [6, 6.07) is 13.7. The number of benzene rings is 1. The predicted octanol–water partition coefficient (Wildman–Crippen LogP) is 4.60. The Labute approximate surface area is 169 Å². The molecule has 0 radical (unpaired) electrons. The Morgan fingerprint density at radius 1 is 1.04 bits per heavy atom. The summed E-state index contributed by atoms with van der Waals surface area (Å²) >= 11 is 7.58. The van der Waals surface area contributed by atoms with Gasteiger partial charge in [0.15, 0.2) is 5.65 Å². The molecule has 0 bridgehead atoms. The maximum absolute atomic E-state index is 12.9. The van der Waals surface area contributed by atoms with E-state index in [1.165, 1.54) is 21.5 Å². The summed E-state index contributed by atoms with van der Waals surface area (Å²) in [7, 11) is -3.72. The van der Waals surface area contributed by atoms with Crippen molar-refractivity contribution >= 4 is 54.2 Å². The lowest BCUT2D eigenvalue weighted by atomic mass is 10.1. The molecule has 0 saturated heterocycles. The number of pyridine rings is 1. The van der Waals surface area contributed by atoms with E-state index in [0.29, 0.717) is 16.7 Å². The standard InChI is InChI=1S/C19H11ClN4O2S2/c20-19-22-15-7-9-27-17(15)16(23-19)13-10-12-6-8-24(18(12)21-11-13)28(25,26)14-4-2-1-3-5-14/h1-11H. The molecule has 0 N–H and O–H groups in total. The van der Waals surface area contributed by atoms with E-state index in [9.17, 15) is 8.42 Å². The van der Waals surface area contributed by atoms with Crippen LogP contribution in [0.25, 0.3) is 32.5 Å². The zero-order valence-corrected chi connectivity index (χ0v) is 16.5. The van der Waals surface area contributed by atoms with Crippen LogP contribution in [0, 0.1) is 0 Å². The highest BCUT2D eigenvalue weighted by Crippen LogP contribution is 2.32. The molecule has 0 spiro atoms. The third kappa shape index (κ3) is 2.69. The fourth-order valence-electron chi connectivity index (χ4n) is 3.06. The zero-order chi connectivity index (χ0) is 19.3. The Bertz CT molecular complexity index is 1440. The van der Waals surface area contributed by atoms with Gasteiger partial charge < -0.3 is 0 Å². The van der Waals surface area contributed by atoms with Crippen LogP contribution in [0.3, 0.4) is 0 Å². The summed E-state index contributed by atoms with van der Waals surface area (Å²) in [6.45, 7) is 0. The number of nitrogens with zero attached hydrogens (tertiary/aromatic N) is 4. The average molecular weight is 427 g/mol. The molecule has 6 nitrogen and oxygen atoms in total. The summed E-state index contributed by atoms with van der Waals surface area (Å²) in [5.41, 5.74) is 2.55. The van der Waals surface area contributed by atoms with Crippen LogP contribution >= 0.6 is 22.9 Å². The first-order chi connectivity index (χ1) is 13.5. The summed E-state index contributed by atoms with van der Waals surface area (Å²) < 4.78 is 28.0. The van der Waals surface area contributed by atoms with Gasteiger partial charge >= 0.3 is 0 Å². The molecule has 0 aliphatic rings. The number of halogens is 1. The maximum atomic E-state index is 12.9. The topological polar surface area (TPSA) is 77.7 Å². The maximum Gasteiger partial charge on any atom is 0.269 e. The summed E-state index contributed by atoms with van der Waals surface area (Å²) in [5.74, 6) is 0. The van der Waals surface area contributed by atoms with E-state index in [4.69, 9.17) is 11.6 Å². The van der Waals surface area contributed by atoms with E-state index in [-0.39, 0.29) is 10.2 Å². The lowest BCUT2D eigenvalue weighted by Crippen LogP contribution is -2.12. The molecule has 0 aliphatic heterocycles. The van der Waals surface area contributed by atoms with Crippen molar-refractivity contribution in [1.29, 1.82) is 0 Å². The van der Waals surface area contributed by atoms with Crippen molar-refractivity contribution < 1.29 is 8.42 Å². The molecule has 0 saturated carbocycles. The van der Waals surface area contributed by atoms with Gasteiger partial charge in [0.25, 0.3) is 10.0 Å². The molecular weight excluding hydrogens is 416 g/mol. The van der Waals surface area contributed by atoms with Crippen LogP contribution in [0.1, 0.15) is 0 Å². The Balaban J connectivity index is 1.68. The first-order valence-corrected chi connectivity index (χ1v) is 10.9. The van der Waals surface area contributed by atoms with Gasteiger partial charge in [0.1, 0.15) is 0 Å². The molecule has 9 heteroatoms. The minimum atomic E-state index is -3.72. The van der Waals surface area contributed by atoms with Gasteiger partial charge in [0, 0.05) is 23.3 Å². The van der Waals surface area contributed by atoms with Gasteiger partial charge in [-0.25, -0.2) is 27.3 Å². The van der Waals surface area contributed by atoms with Crippen molar-refractivity contribution in [2.24, 2.45) is 0 Å². The van der Waals surface area contributed by atoms with Crippen LogP contribution < -0.4 is 0 Å². The third-order valence-corrected chi connectivity index (χ3v) is 7.10. The first-order valence-electron chi connectivity index (χ1n) is 8.23. The van der Waals surface area contributed by atoms with Crippen LogP contribution in [0.4, 0.5) is 0 Å². The van der Waals surface area contributed by atoms with E-state index < -0.39 is 10.0 Å². The Hall–Kier alpha value is -2.81. The van der Waals surface area contributed by atoms with Crippen LogP contribution in [0.15, 0.2) is 71.2 Å². The minimum absolute atomic E-state index is 0.158. The highest BCUT2D eigenvalue weighted by molar-refractivity contribution is 7.90. The molecule has 0 aliphatic carbocycles. The molecule has 138 valence electrons. The van der Waals surface area contributed by atoms with Crippen molar-refractivity contribution in [3.8, 4) is 11.3 Å². The summed E-state index contributed by atoms with van der Waals surface area (Å²) in [5, 5.41) is 2.77. The number of rotatable bonds is 3. The molecule has 4 aromatic heterocycles. The van der Waals surface area contributed by atoms with E-state index >= 15 is 0 Å². The van der Waals surface area contributed by atoms with Gasteiger partial charge in [0.05, 0.1) is 20.8 Å². The third-order valence-electron chi connectivity index (χ3n) is 4.34. The molecule has 1 aromatic carbocycles. The number of aromatic nitrogens is 4. The van der Waals surface area contributed by atoms with Crippen LogP contribution in [-0.4, -0.2) is 27.3 Å². The first kappa shape index (κ1) is 17.3. The van der Waals surface area contributed by atoms with Crippen LogP contribution in [0.5, 0.6) is 0 Å². The average Bonchev–Trinajstić information content (AvgIpc) is 3.34. The van der Waals surface area contributed by atoms with E-state index in [2.05, 4.69) is 15.0 Å². The van der Waals surface area contributed by atoms with Crippen LogP contribution in [0.2, 0.25) is 5.28 Å². The summed E-state index contributed by atoms with van der Waals surface area (Å²) in [6.07, 6.45) is 3.12. The fraction of sp³-hybridized carbons (Fsp3) is 0. The van der Waals surface area contributed by atoms with Crippen molar-refractivity contribution in [2.75, 3.05) is 0 Å². The highest BCUT2D eigenvalue weighted by Gasteiger charge is 2.20. The van der Waals surface area contributed by atoms with Gasteiger partial charge in [0.2, 0.25) is 5.28 Å². The molecule has 0 amide bonds. The molecule has 0 unspecified atom stereocenters. The Morgan fingerprint density at radius 3 is 2.68 bits per heavy atom. The number of hydrogen-bond donors (Lipinski definition) is 0. The van der Waals surface area contributed by atoms with Gasteiger partial charge in [-0.2, -0.15) is 0 Å². The molecule has 0 atom stereocenters. The predicted molar refractivity (Wildman–Crippen MR) is 110 cm³/mol.